The van der Waals surface area contributed by atoms with Gasteiger partial charge >= 0.3 is 12.0 Å². The molecule has 1 saturated heterocycles. The minimum absolute atomic E-state index is 0.0232. The molecule has 0 radical (unpaired) electrons. The Bertz CT molecular complexity index is 802. The average Bonchev–Trinajstić information content (AvgIpc) is 3.07. The Labute approximate surface area is 162 Å². The minimum Gasteiger partial charge on any atom is -0.456 e. The molecule has 8 heteroatoms. The molecule has 27 heavy (non-hydrogen) atoms. The van der Waals surface area contributed by atoms with Crippen LogP contribution in [0.15, 0.2) is 6.07 Å². The normalized spacial score (nSPS) is 25.0. The molecule has 2 atom stereocenters. The highest BCUT2D eigenvalue weighted by molar-refractivity contribution is 7.12. The van der Waals surface area contributed by atoms with Crippen molar-refractivity contribution in [3.8, 4) is 0 Å². The first kappa shape index (κ1) is 19.5. The first-order valence-corrected chi connectivity index (χ1v) is 9.96. The zero-order chi connectivity index (χ0) is 19.8. The van der Waals surface area contributed by atoms with Crippen LogP contribution in [0.5, 0.6) is 0 Å². The summed E-state index contributed by atoms with van der Waals surface area (Å²) in [7, 11) is 0. The van der Waals surface area contributed by atoms with Gasteiger partial charge in [0.25, 0.3) is 5.91 Å². The van der Waals surface area contributed by atoms with E-state index in [0.717, 1.165) is 33.9 Å². The Morgan fingerprint density at radius 1 is 1.33 bits per heavy atom. The van der Waals surface area contributed by atoms with Gasteiger partial charge in [-0.25, -0.2) is 4.79 Å². The number of esters is 1. The van der Waals surface area contributed by atoms with E-state index in [1.54, 1.807) is 6.07 Å². The van der Waals surface area contributed by atoms with Crippen molar-refractivity contribution in [1.29, 1.82) is 0 Å². The van der Waals surface area contributed by atoms with E-state index < -0.39 is 30.7 Å². The number of hydrogen-bond donors (Lipinski definition) is 1. The van der Waals surface area contributed by atoms with Crippen molar-refractivity contribution in [3.63, 3.8) is 0 Å². The fraction of sp³-hybridized carbons (Fsp3) is 0.579. The lowest BCUT2D eigenvalue weighted by molar-refractivity contribution is -0.147. The van der Waals surface area contributed by atoms with Gasteiger partial charge in [0.05, 0.1) is 0 Å². The van der Waals surface area contributed by atoms with Gasteiger partial charge in [0.15, 0.2) is 6.61 Å². The summed E-state index contributed by atoms with van der Waals surface area (Å²) in [6.45, 7) is 4.81. The molecular formula is C19H24N2O5S. The number of carbonyl (C=O) groups excluding carboxylic acids is 4. The second-order valence-corrected chi connectivity index (χ2v) is 8.81. The van der Waals surface area contributed by atoms with Gasteiger partial charge in [-0.15, -0.1) is 11.3 Å². The second-order valence-electron chi connectivity index (χ2n) is 7.35. The van der Waals surface area contributed by atoms with Crippen LogP contribution in [0, 0.1) is 19.8 Å². The third kappa shape index (κ3) is 3.63. The maximum Gasteiger partial charge on any atom is 0.326 e. The Morgan fingerprint density at radius 2 is 2.07 bits per heavy atom. The Balaban J connectivity index is 1.59. The monoisotopic (exact) mass is 392 g/mol. The van der Waals surface area contributed by atoms with Crippen LogP contribution in [-0.4, -0.2) is 47.3 Å². The summed E-state index contributed by atoms with van der Waals surface area (Å²) in [4.78, 5) is 52.2. The molecule has 2 aliphatic rings. The summed E-state index contributed by atoms with van der Waals surface area (Å²) in [6.07, 6.45) is 3.33. The number of thiophene rings is 1. The highest BCUT2D eigenvalue weighted by atomic mass is 32.1. The standard InChI is InChI=1S/C19H24N2O5S/c1-11-6-4-5-7-19(11)17(24)21(18(25)20-19)9-16(23)26-10-15(22)14-8-12(2)27-13(14)3/h8,11H,4-7,9-10H2,1-3H3,(H,20,25)/t11-,19-/m1/s1. The van der Waals surface area contributed by atoms with E-state index in [9.17, 15) is 19.2 Å². The number of nitrogens with zero attached hydrogens (tertiary/aromatic N) is 1. The van der Waals surface area contributed by atoms with Gasteiger partial charge in [0.1, 0.15) is 12.1 Å². The maximum absolute atomic E-state index is 12.8. The number of ether oxygens (including phenoxy) is 1. The van der Waals surface area contributed by atoms with Crippen molar-refractivity contribution in [2.75, 3.05) is 13.2 Å². The Kier molecular flexibility index (Phi) is 5.37. The number of urea groups is 1. The molecular weight excluding hydrogens is 368 g/mol. The van der Waals surface area contributed by atoms with Crippen molar-refractivity contribution in [2.24, 2.45) is 5.92 Å². The fourth-order valence-corrected chi connectivity index (χ4v) is 4.89. The molecule has 1 spiro atoms. The first-order valence-electron chi connectivity index (χ1n) is 9.14. The lowest BCUT2D eigenvalue weighted by Gasteiger charge is -2.36. The van der Waals surface area contributed by atoms with E-state index in [2.05, 4.69) is 5.32 Å². The highest BCUT2D eigenvalue weighted by Gasteiger charge is 2.55. The van der Waals surface area contributed by atoms with Gasteiger partial charge in [0.2, 0.25) is 5.78 Å². The molecule has 3 amide bonds. The van der Waals surface area contributed by atoms with E-state index in [1.165, 1.54) is 11.3 Å². The predicted octanol–water partition coefficient (Wildman–Crippen LogP) is 2.59. The molecule has 1 aromatic rings. The van der Waals surface area contributed by atoms with Crippen LogP contribution in [0.25, 0.3) is 0 Å². The number of imide groups is 1. The van der Waals surface area contributed by atoms with Crippen molar-refractivity contribution in [1.82, 2.24) is 10.2 Å². The van der Waals surface area contributed by atoms with Crippen LogP contribution in [0.3, 0.4) is 0 Å². The number of nitrogens with one attached hydrogen (secondary N) is 1. The third-order valence-corrected chi connectivity index (χ3v) is 6.46. The van der Waals surface area contributed by atoms with Gasteiger partial charge < -0.3 is 10.1 Å². The Morgan fingerprint density at radius 3 is 2.70 bits per heavy atom. The van der Waals surface area contributed by atoms with E-state index in [-0.39, 0.29) is 17.6 Å². The van der Waals surface area contributed by atoms with Gasteiger partial charge in [-0.2, -0.15) is 0 Å². The molecule has 3 rings (SSSR count). The summed E-state index contributed by atoms with van der Waals surface area (Å²) in [5.41, 5.74) is -0.369. The molecule has 1 aliphatic heterocycles. The lowest BCUT2D eigenvalue weighted by Crippen LogP contribution is -2.54. The van der Waals surface area contributed by atoms with Crippen LogP contribution >= 0.6 is 11.3 Å². The smallest absolute Gasteiger partial charge is 0.326 e. The second kappa shape index (κ2) is 7.42. The SMILES string of the molecule is Cc1cc(C(=O)COC(=O)CN2C(=O)N[C@@]3(CCCC[C@H]3C)C2=O)c(C)s1. The molecule has 1 aliphatic carbocycles. The maximum atomic E-state index is 12.8. The van der Waals surface area contributed by atoms with Crippen LogP contribution in [0.2, 0.25) is 0 Å². The Hall–Kier alpha value is -2.22. The van der Waals surface area contributed by atoms with Crippen LogP contribution in [0.4, 0.5) is 4.79 Å². The third-order valence-electron chi connectivity index (χ3n) is 5.49. The number of ketones is 1. The zero-order valence-electron chi connectivity index (χ0n) is 15.8. The van der Waals surface area contributed by atoms with Crippen molar-refractivity contribution in [3.05, 3.63) is 21.4 Å². The number of hydrogen-bond acceptors (Lipinski definition) is 6. The summed E-state index contributed by atoms with van der Waals surface area (Å²) in [5, 5.41) is 2.79. The van der Waals surface area contributed by atoms with Crippen LogP contribution in [-0.2, 0) is 14.3 Å². The summed E-state index contributed by atoms with van der Waals surface area (Å²) in [5.74, 6) is -1.40. The molecule has 0 bridgehead atoms. The summed E-state index contributed by atoms with van der Waals surface area (Å²) < 4.78 is 5.03. The molecule has 0 aromatic carbocycles. The van der Waals surface area contributed by atoms with Crippen LogP contribution < -0.4 is 5.32 Å². The average molecular weight is 392 g/mol. The zero-order valence-corrected chi connectivity index (χ0v) is 16.6. The molecule has 1 aromatic heterocycles. The number of rotatable bonds is 5. The molecule has 0 unspecified atom stereocenters. The van der Waals surface area contributed by atoms with Crippen molar-refractivity contribution in [2.45, 2.75) is 52.0 Å². The van der Waals surface area contributed by atoms with Gasteiger partial charge in [-0.05, 0) is 38.7 Å². The van der Waals surface area contributed by atoms with Crippen molar-refractivity contribution < 1.29 is 23.9 Å². The van der Waals surface area contributed by atoms with Gasteiger partial charge in [-0.3, -0.25) is 19.3 Å². The molecule has 2 fully saturated rings. The van der Waals surface area contributed by atoms with Crippen LogP contribution in [0.1, 0.15) is 52.7 Å². The predicted molar refractivity (Wildman–Crippen MR) is 99.7 cm³/mol. The van der Waals surface area contributed by atoms with E-state index in [4.69, 9.17) is 4.74 Å². The largest absolute Gasteiger partial charge is 0.456 e. The lowest BCUT2D eigenvalue weighted by atomic mass is 9.73. The molecule has 2 heterocycles. The first-order chi connectivity index (χ1) is 12.7. The molecule has 146 valence electrons. The highest BCUT2D eigenvalue weighted by Crippen LogP contribution is 2.38. The topological polar surface area (TPSA) is 92.8 Å². The van der Waals surface area contributed by atoms with Gasteiger partial charge in [0, 0.05) is 15.3 Å². The molecule has 1 saturated carbocycles. The number of carbonyl (C=O) groups is 4. The van der Waals surface area contributed by atoms with E-state index >= 15 is 0 Å². The number of Topliss-reactive ketones (excluding diaryl/α,β-unsaturated/α-hetero) is 1. The summed E-state index contributed by atoms with van der Waals surface area (Å²) in [6, 6.07) is 1.20. The molecule has 1 N–H and O–H groups in total. The van der Waals surface area contributed by atoms with Gasteiger partial charge in [-0.1, -0.05) is 19.8 Å². The quantitative estimate of drug-likeness (QED) is 0.472. The summed E-state index contributed by atoms with van der Waals surface area (Å²) >= 11 is 1.50. The number of amides is 3. The van der Waals surface area contributed by atoms with Crippen molar-refractivity contribution >= 4 is 35.0 Å². The number of aryl methyl sites for hydroxylation is 2. The van der Waals surface area contributed by atoms with E-state index in [1.807, 2.05) is 20.8 Å². The fourth-order valence-electron chi connectivity index (χ4n) is 3.95. The molecule has 7 nitrogen and oxygen atoms in total. The minimum atomic E-state index is -0.906. The van der Waals surface area contributed by atoms with E-state index in [0.29, 0.717) is 12.0 Å².